The number of hydrogen-bond acceptors (Lipinski definition) is 5. The van der Waals surface area contributed by atoms with E-state index in [2.05, 4.69) is 65.2 Å². The van der Waals surface area contributed by atoms with Gasteiger partial charge >= 0.3 is 0 Å². The minimum atomic E-state index is 0.378. The van der Waals surface area contributed by atoms with Gasteiger partial charge in [-0.05, 0) is 30.9 Å². The molecule has 142 valence electrons. The van der Waals surface area contributed by atoms with E-state index in [4.69, 9.17) is 4.98 Å². The molecule has 0 amide bonds. The number of hydrogen-bond donors (Lipinski definition) is 3. The van der Waals surface area contributed by atoms with E-state index in [1.54, 1.807) is 0 Å². The van der Waals surface area contributed by atoms with Crippen LogP contribution in [-0.2, 0) is 6.54 Å². The lowest BCUT2D eigenvalue weighted by Gasteiger charge is -2.15. The van der Waals surface area contributed by atoms with Crippen LogP contribution in [0.2, 0.25) is 0 Å². The summed E-state index contributed by atoms with van der Waals surface area (Å²) in [6, 6.07) is 13.0. The van der Waals surface area contributed by atoms with Gasteiger partial charge in [-0.25, -0.2) is 4.98 Å². The van der Waals surface area contributed by atoms with Crippen LogP contribution in [0.5, 0.6) is 0 Å². The highest BCUT2D eigenvalue weighted by Gasteiger charge is 2.16. The molecule has 0 unspecified atom stereocenters. The molecule has 3 aromatic rings. The van der Waals surface area contributed by atoms with E-state index in [-0.39, 0.29) is 0 Å². The van der Waals surface area contributed by atoms with E-state index in [1.807, 2.05) is 16.8 Å². The first-order valence-corrected chi connectivity index (χ1v) is 9.84. The minimum Gasteiger partial charge on any atom is -0.368 e. The summed E-state index contributed by atoms with van der Waals surface area (Å²) in [5.41, 5.74) is 3.33. The molecule has 1 saturated heterocycles. The first-order chi connectivity index (χ1) is 13.2. The molecule has 6 heteroatoms. The summed E-state index contributed by atoms with van der Waals surface area (Å²) in [6.45, 7) is 7.12. The van der Waals surface area contributed by atoms with Crippen LogP contribution in [0.4, 0.5) is 11.6 Å². The van der Waals surface area contributed by atoms with Gasteiger partial charge in [0.1, 0.15) is 11.6 Å². The van der Waals surface area contributed by atoms with Crippen molar-refractivity contribution in [1.82, 2.24) is 19.9 Å². The predicted octanol–water partition coefficient (Wildman–Crippen LogP) is 3.63. The Bertz CT molecular complexity index is 880. The van der Waals surface area contributed by atoms with Gasteiger partial charge in [-0.2, -0.15) is 9.61 Å². The van der Waals surface area contributed by atoms with Crippen LogP contribution in [0, 0.1) is 0 Å². The standard InChI is InChI=1S/C21H28N6/c1-15(2)18-14-25-27-20(24-12-16-7-4-3-5-8-16)11-19(26-21(18)27)23-13-17-9-6-10-22-17/h3-5,7-8,11,14-15,17,22,24H,6,9-10,12-13H2,1-2H3,(H,23,26)/t17-/m0/s1. The number of nitrogens with zero attached hydrogens (tertiary/aromatic N) is 3. The molecule has 3 heterocycles. The Morgan fingerprint density at radius 3 is 2.81 bits per heavy atom. The molecule has 1 fully saturated rings. The number of aromatic nitrogens is 3. The summed E-state index contributed by atoms with van der Waals surface area (Å²) < 4.78 is 1.91. The van der Waals surface area contributed by atoms with Crippen LogP contribution in [0.1, 0.15) is 43.7 Å². The minimum absolute atomic E-state index is 0.378. The number of nitrogens with one attached hydrogen (secondary N) is 3. The summed E-state index contributed by atoms with van der Waals surface area (Å²) in [4.78, 5) is 4.85. The third kappa shape index (κ3) is 4.06. The highest BCUT2D eigenvalue weighted by Crippen LogP contribution is 2.24. The molecular formula is C21H28N6. The van der Waals surface area contributed by atoms with Gasteiger partial charge in [-0.15, -0.1) is 0 Å². The zero-order valence-electron chi connectivity index (χ0n) is 16.1. The maximum absolute atomic E-state index is 4.85. The molecule has 4 rings (SSSR count). The van der Waals surface area contributed by atoms with Crippen LogP contribution in [0.25, 0.3) is 5.65 Å². The third-order valence-corrected chi connectivity index (χ3v) is 5.13. The van der Waals surface area contributed by atoms with Crippen molar-refractivity contribution in [3.05, 3.63) is 53.7 Å². The van der Waals surface area contributed by atoms with Crippen molar-refractivity contribution in [2.45, 2.75) is 45.2 Å². The van der Waals surface area contributed by atoms with Crippen molar-refractivity contribution in [1.29, 1.82) is 0 Å². The van der Waals surface area contributed by atoms with Crippen LogP contribution in [-0.4, -0.2) is 33.7 Å². The van der Waals surface area contributed by atoms with Gasteiger partial charge in [-0.3, -0.25) is 0 Å². The predicted molar refractivity (Wildman–Crippen MR) is 110 cm³/mol. The number of anilines is 2. The van der Waals surface area contributed by atoms with Gasteiger partial charge in [0.05, 0.1) is 6.20 Å². The van der Waals surface area contributed by atoms with Crippen molar-refractivity contribution >= 4 is 17.3 Å². The molecule has 1 aromatic carbocycles. The second kappa shape index (κ2) is 7.96. The Morgan fingerprint density at radius 1 is 1.22 bits per heavy atom. The Kier molecular flexibility index (Phi) is 5.25. The lowest BCUT2D eigenvalue weighted by Crippen LogP contribution is -2.29. The van der Waals surface area contributed by atoms with Gasteiger partial charge in [0, 0.05) is 30.8 Å². The molecule has 0 bridgehead atoms. The molecule has 0 saturated carbocycles. The summed E-state index contributed by atoms with van der Waals surface area (Å²) in [6.07, 6.45) is 4.41. The summed E-state index contributed by atoms with van der Waals surface area (Å²) in [5.74, 6) is 2.23. The van der Waals surface area contributed by atoms with Gasteiger partial charge in [0.15, 0.2) is 5.65 Å². The molecule has 0 aliphatic carbocycles. The Labute approximate surface area is 160 Å². The summed E-state index contributed by atoms with van der Waals surface area (Å²) >= 11 is 0. The van der Waals surface area contributed by atoms with Crippen LogP contribution in [0.3, 0.4) is 0 Å². The third-order valence-electron chi connectivity index (χ3n) is 5.13. The zero-order valence-corrected chi connectivity index (χ0v) is 16.1. The van der Waals surface area contributed by atoms with Crippen LogP contribution < -0.4 is 16.0 Å². The van der Waals surface area contributed by atoms with E-state index in [0.29, 0.717) is 12.0 Å². The van der Waals surface area contributed by atoms with E-state index in [1.165, 1.54) is 24.0 Å². The molecule has 1 aliphatic heterocycles. The molecule has 6 nitrogen and oxygen atoms in total. The fraction of sp³-hybridized carbons (Fsp3) is 0.429. The van der Waals surface area contributed by atoms with Crippen LogP contribution >= 0.6 is 0 Å². The fourth-order valence-corrected chi connectivity index (χ4v) is 3.55. The van der Waals surface area contributed by atoms with Gasteiger partial charge in [0.25, 0.3) is 0 Å². The molecule has 3 N–H and O–H groups in total. The first-order valence-electron chi connectivity index (χ1n) is 9.84. The highest BCUT2D eigenvalue weighted by atomic mass is 15.3. The molecule has 0 spiro atoms. The number of benzene rings is 1. The zero-order chi connectivity index (χ0) is 18.6. The number of rotatable bonds is 7. The van der Waals surface area contributed by atoms with Crippen molar-refractivity contribution in [3.63, 3.8) is 0 Å². The second-order valence-electron chi connectivity index (χ2n) is 7.53. The van der Waals surface area contributed by atoms with E-state index in [0.717, 1.165) is 36.9 Å². The highest BCUT2D eigenvalue weighted by molar-refractivity contribution is 5.61. The van der Waals surface area contributed by atoms with Crippen molar-refractivity contribution in [3.8, 4) is 0 Å². The van der Waals surface area contributed by atoms with Gasteiger partial charge < -0.3 is 16.0 Å². The Morgan fingerprint density at radius 2 is 2.07 bits per heavy atom. The fourth-order valence-electron chi connectivity index (χ4n) is 3.55. The van der Waals surface area contributed by atoms with Crippen molar-refractivity contribution in [2.75, 3.05) is 23.7 Å². The lowest BCUT2D eigenvalue weighted by molar-refractivity contribution is 0.632. The monoisotopic (exact) mass is 364 g/mol. The molecule has 27 heavy (non-hydrogen) atoms. The second-order valence-corrected chi connectivity index (χ2v) is 7.53. The van der Waals surface area contributed by atoms with E-state index < -0.39 is 0 Å². The smallest absolute Gasteiger partial charge is 0.163 e. The molecule has 1 aliphatic rings. The van der Waals surface area contributed by atoms with Crippen molar-refractivity contribution < 1.29 is 0 Å². The quantitative estimate of drug-likeness (QED) is 0.597. The average Bonchev–Trinajstić information content (AvgIpc) is 3.35. The molecular weight excluding hydrogens is 336 g/mol. The lowest BCUT2D eigenvalue weighted by atomic mass is 10.1. The Hall–Kier alpha value is -2.60. The van der Waals surface area contributed by atoms with E-state index in [9.17, 15) is 0 Å². The first kappa shape index (κ1) is 17.8. The van der Waals surface area contributed by atoms with Gasteiger partial charge in [-0.1, -0.05) is 44.2 Å². The van der Waals surface area contributed by atoms with E-state index >= 15 is 0 Å². The largest absolute Gasteiger partial charge is 0.368 e. The number of fused-ring (bicyclic) bond motifs is 1. The molecule has 2 aromatic heterocycles. The SMILES string of the molecule is CC(C)c1cnn2c(NCc3ccccc3)cc(NC[C@@H]3CCCN3)nc12. The normalized spacial score (nSPS) is 16.9. The maximum Gasteiger partial charge on any atom is 0.163 e. The van der Waals surface area contributed by atoms with Crippen molar-refractivity contribution in [2.24, 2.45) is 0 Å². The maximum atomic E-state index is 4.85. The van der Waals surface area contributed by atoms with Crippen LogP contribution in [0.15, 0.2) is 42.6 Å². The summed E-state index contributed by atoms with van der Waals surface area (Å²) in [5, 5.41) is 15.2. The average molecular weight is 364 g/mol. The summed E-state index contributed by atoms with van der Waals surface area (Å²) in [7, 11) is 0. The topological polar surface area (TPSA) is 66.3 Å². The molecule has 1 atom stereocenters. The van der Waals surface area contributed by atoms with Gasteiger partial charge in [0.2, 0.25) is 0 Å². The molecule has 0 radical (unpaired) electrons. The Balaban J connectivity index is 1.60.